The molecule has 0 aliphatic rings. The highest BCUT2D eigenvalue weighted by Gasteiger charge is 2.21. The fourth-order valence-corrected chi connectivity index (χ4v) is 3.25. The molecular weight excluding hydrogens is 445 g/mol. The van der Waals surface area contributed by atoms with Crippen LogP contribution in [0.1, 0.15) is 31.2 Å². The van der Waals surface area contributed by atoms with Crippen LogP contribution in [0.25, 0.3) is 0 Å². The molecule has 0 unspecified atom stereocenters. The first-order valence-electron chi connectivity index (χ1n) is 8.26. The summed E-state index contributed by atoms with van der Waals surface area (Å²) in [6.07, 6.45) is 0. The molecule has 0 saturated carbocycles. The maximum absolute atomic E-state index is 5.67. The smallest absolute Gasteiger partial charge is 0.191 e. The van der Waals surface area contributed by atoms with Gasteiger partial charge in [-0.15, -0.1) is 35.3 Å². The van der Waals surface area contributed by atoms with E-state index in [4.69, 9.17) is 4.74 Å². The van der Waals surface area contributed by atoms with Crippen molar-refractivity contribution in [3.63, 3.8) is 0 Å². The van der Waals surface area contributed by atoms with Gasteiger partial charge in [0.15, 0.2) is 5.96 Å². The Balaban J connectivity index is 0.00000312. The van der Waals surface area contributed by atoms with Crippen molar-refractivity contribution in [1.82, 2.24) is 10.6 Å². The van der Waals surface area contributed by atoms with Gasteiger partial charge in [0.1, 0.15) is 5.75 Å². The Morgan fingerprint density at radius 2 is 1.92 bits per heavy atom. The molecule has 2 N–H and O–H groups in total. The third-order valence-corrected chi connectivity index (χ3v) is 5.06. The topological polar surface area (TPSA) is 45.6 Å². The van der Waals surface area contributed by atoms with Gasteiger partial charge in [-0.2, -0.15) is 0 Å². The molecule has 138 valence electrons. The van der Waals surface area contributed by atoms with Gasteiger partial charge < -0.3 is 15.4 Å². The molecule has 6 heteroatoms. The van der Waals surface area contributed by atoms with Crippen LogP contribution in [0.2, 0.25) is 0 Å². The average molecular weight is 473 g/mol. The van der Waals surface area contributed by atoms with Crippen molar-refractivity contribution in [2.45, 2.75) is 32.7 Å². The lowest BCUT2D eigenvalue weighted by Gasteiger charge is -2.25. The predicted octanol–water partition coefficient (Wildman–Crippen LogP) is 4.41. The number of thiophene rings is 1. The molecule has 2 rings (SSSR count). The number of nitrogens with zero attached hydrogens (tertiary/aromatic N) is 1. The van der Waals surface area contributed by atoms with Gasteiger partial charge in [-0.25, -0.2) is 0 Å². The highest BCUT2D eigenvalue weighted by atomic mass is 127. The number of hydrogen-bond acceptors (Lipinski definition) is 3. The summed E-state index contributed by atoms with van der Waals surface area (Å²) in [5.41, 5.74) is 1.19. The zero-order valence-corrected chi connectivity index (χ0v) is 18.5. The maximum atomic E-state index is 5.67. The first-order valence-corrected chi connectivity index (χ1v) is 9.14. The van der Waals surface area contributed by atoms with Crippen molar-refractivity contribution in [2.75, 3.05) is 20.2 Å². The van der Waals surface area contributed by atoms with Crippen LogP contribution in [0.15, 0.2) is 46.8 Å². The molecule has 1 heterocycles. The van der Waals surface area contributed by atoms with E-state index in [0.717, 1.165) is 23.8 Å². The molecule has 1 aromatic carbocycles. The van der Waals surface area contributed by atoms with Gasteiger partial charge in [0.25, 0.3) is 0 Å². The number of rotatable bonds is 7. The Bertz CT molecular complexity index is 656. The molecular formula is C19H28IN3OS. The third kappa shape index (κ3) is 6.51. The van der Waals surface area contributed by atoms with Crippen molar-refractivity contribution in [3.05, 3.63) is 52.2 Å². The highest BCUT2D eigenvalue weighted by molar-refractivity contribution is 14.0. The number of halogens is 1. The Kier molecular flexibility index (Phi) is 9.27. The molecule has 0 atom stereocenters. The minimum Gasteiger partial charge on any atom is -0.494 e. The zero-order chi connectivity index (χ0) is 17.4. The quantitative estimate of drug-likeness (QED) is 0.356. The van der Waals surface area contributed by atoms with E-state index in [0.29, 0.717) is 13.2 Å². The van der Waals surface area contributed by atoms with E-state index in [-0.39, 0.29) is 29.4 Å². The van der Waals surface area contributed by atoms with Crippen LogP contribution < -0.4 is 15.4 Å². The van der Waals surface area contributed by atoms with Crippen molar-refractivity contribution in [3.8, 4) is 5.75 Å². The maximum Gasteiger partial charge on any atom is 0.191 e. The molecule has 0 spiro atoms. The van der Waals surface area contributed by atoms with Gasteiger partial charge in [0.2, 0.25) is 0 Å². The second-order valence-corrected chi connectivity index (χ2v) is 7.13. The summed E-state index contributed by atoms with van der Waals surface area (Å²) in [7, 11) is 1.79. The summed E-state index contributed by atoms with van der Waals surface area (Å²) in [6.45, 7) is 8.64. The summed E-state index contributed by atoms with van der Waals surface area (Å²) in [5.74, 6) is 1.72. The minimum atomic E-state index is 0. The van der Waals surface area contributed by atoms with E-state index >= 15 is 0 Å². The number of nitrogens with one attached hydrogen (secondary N) is 2. The van der Waals surface area contributed by atoms with E-state index in [1.54, 1.807) is 18.4 Å². The molecule has 2 aromatic rings. The standard InChI is InChI=1S/C19H27N3OS.HI/c1-5-23-16-10-7-6-9-15(16)13-21-18(20-4)22-14-19(2,3)17-11-8-12-24-17;/h6-12H,5,13-14H2,1-4H3,(H2,20,21,22);1H. The fraction of sp³-hybridized carbons (Fsp3) is 0.421. The molecule has 25 heavy (non-hydrogen) atoms. The molecule has 0 radical (unpaired) electrons. The third-order valence-electron chi connectivity index (χ3n) is 3.83. The summed E-state index contributed by atoms with van der Waals surface area (Å²) in [6, 6.07) is 12.4. The Morgan fingerprint density at radius 1 is 1.16 bits per heavy atom. The van der Waals surface area contributed by atoms with Gasteiger partial charge >= 0.3 is 0 Å². The van der Waals surface area contributed by atoms with Crippen molar-refractivity contribution in [1.29, 1.82) is 0 Å². The lowest BCUT2D eigenvalue weighted by molar-refractivity contribution is 0.336. The minimum absolute atomic E-state index is 0. The van der Waals surface area contributed by atoms with Crippen LogP contribution in [-0.4, -0.2) is 26.2 Å². The normalized spacial score (nSPS) is 11.6. The van der Waals surface area contributed by atoms with Crippen LogP contribution in [0.3, 0.4) is 0 Å². The SMILES string of the molecule is CCOc1ccccc1CNC(=NC)NCC(C)(C)c1cccs1.I. The van der Waals surface area contributed by atoms with Crippen molar-refractivity contribution < 1.29 is 4.74 Å². The largest absolute Gasteiger partial charge is 0.494 e. The Labute approximate surface area is 172 Å². The van der Waals surface area contributed by atoms with E-state index in [1.807, 2.05) is 25.1 Å². The van der Waals surface area contributed by atoms with Gasteiger partial charge in [0.05, 0.1) is 6.61 Å². The highest BCUT2D eigenvalue weighted by Crippen LogP contribution is 2.26. The number of benzene rings is 1. The fourth-order valence-electron chi connectivity index (χ4n) is 2.40. The van der Waals surface area contributed by atoms with E-state index in [1.165, 1.54) is 4.88 Å². The predicted molar refractivity (Wildman–Crippen MR) is 119 cm³/mol. The van der Waals surface area contributed by atoms with Crippen LogP contribution >= 0.6 is 35.3 Å². The van der Waals surface area contributed by atoms with Gasteiger partial charge in [-0.1, -0.05) is 38.1 Å². The van der Waals surface area contributed by atoms with Crippen LogP contribution in [0, 0.1) is 0 Å². The van der Waals surface area contributed by atoms with Gasteiger partial charge in [-0.05, 0) is 24.4 Å². The monoisotopic (exact) mass is 473 g/mol. The molecule has 0 amide bonds. The second kappa shape index (κ2) is 10.7. The number of guanidine groups is 1. The van der Waals surface area contributed by atoms with Crippen molar-refractivity contribution >= 4 is 41.3 Å². The lowest BCUT2D eigenvalue weighted by Crippen LogP contribution is -2.43. The summed E-state index contributed by atoms with van der Waals surface area (Å²) < 4.78 is 5.67. The number of ether oxygens (including phenoxy) is 1. The number of aliphatic imine (C=N–C) groups is 1. The zero-order valence-electron chi connectivity index (χ0n) is 15.3. The van der Waals surface area contributed by atoms with E-state index < -0.39 is 0 Å². The first kappa shape index (κ1) is 21.8. The summed E-state index contributed by atoms with van der Waals surface area (Å²) in [4.78, 5) is 5.69. The second-order valence-electron chi connectivity index (χ2n) is 6.18. The van der Waals surface area contributed by atoms with Gasteiger partial charge in [-0.3, -0.25) is 4.99 Å². The molecule has 0 aliphatic carbocycles. The molecule has 0 bridgehead atoms. The summed E-state index contributed by atoms with van der Waals surface area (Å²) >= 11 is 1.79. The molecule has 1 aromatic heterocycles. The number of hydrogen-bond donors (Lipinski definition) is 2. The molecule has 4 nitrogen and oxygen atoms in total. The van der Waals surface area contributed by atoms with E-state index in [2.05, 4.69) is 53.1 Å². The molecule has 0 aliphatic heterocycles. The average Bonchev–Trinajstić information content (AvgIpc) is 3.12. The number of para-hydroxylation sites is 1. The molecule has 0 fully saturated rings. The summed E-state index contributed by atoms with van der Waals surface area (Å²) in [5, 5.41) is 8.91. The van der Waals surface area contributed by atoms with Gasteiger partial charge in [0, 0.05) is 36.0 Å². The first-order chi connectivity index (χ1) is 11.6. The Hall–Kier alpha value is -1.28. The molecule has 0 saturated heterocycles. The van der Waals surface area contributed by atoms with E-state index in [9.17, 15) is 0 Å². The van der Waals surface area contributed by atoms with Crippen LogP contribution in [-0.2, 0) is 12.0 Å². The van der Waals surface area contributed by atoms with Crippen LogP contribution in [0.4, 0.5) is 0 Å². The van der Waals surface area contributed by atoms with Crippen molar-refractivity contribution in [2.24, 2.45) is 4.99 Å². The Morgan fingerprint density at radius 3 is 2.56 bits per heavy atom. The van der Waals surface area contributed by atoms with Crippen LogP contribution in [0.5, 0.6) is 5.75 Å². The lowest BCUT2D eigenvalue weighted by atomic mass is 9.91.